The molecule has 2 N–H and O–H groups in total. The maximum absolute atomic E-state index is 5.68. The Morgan fingerprint density at radius 1 is 1.42 bits per heavy atom. The molecule has 5 nitrogen and oxygen atoms in total. The van der Waals surface area contributed by atoms with Crippen LogP contribution in [0.15, 0.2) is 4.52 Å². The minimum Gasteiger partial charge on any atom is -0.339 e. The molecule has 1 atom stereocenters. The second kappa shape index (κ2) is 8.51. The summed E-state index contributed by atoms with van der Waals surface area (Å²) < 4.78 is 5.23. The van der Waals surface area contributed by atoms with Crippen LogP contribution in [0.25, 0.3) is 0 Å². The van der Waals surface area contributed by atoms with Crippen molar-refractivity contribution in [3.05, 3.63) is 11.7 Å². The Hall–Kier alpha value is -0.650. The van der Waals surface area contributed by atoms with Crippen molar-refractivity contribution in [2.24, 2.45) is 5.73 Å². The quantitative estimate of drug-likeness (QED) is 0.869. The molecule has 1 fully saturated rings. The lowest BCUT2D eigenvalue weighted by Crippen LogP contribution is -2.40. The molecular weight excluding hydrogens is 264 g/mol. The first kappa shape index (κ1) is 16.4. The van der Waals surface area contributed by atoms with Crippen molar-refractivity contribution in [2.45, 2.75) is 58.0 Å². The number of aryl methyl sites for hydroxylation is 1. The highest BCUT2D eigenvalue weighted by Gasteiger charge is 2.23. The van der Waals surface area contributed by atoms with Crippen LogP contribution in [0.3, 0.4) is 0 Å². The molecular formula is C13H25ClN4O. The number of piperidine rings is 1. The van der Waals surface area contributed by atoms with Crippen LogP contribution in [-0.4, -0.2) is 34.2 Å². The molecule has 0 saturated carbocycles. The van der Waals surface area contributed by atoms with Crippen LogP contribution in [0.4, 0.5) is 0 Å². The molecule has 1 aromatic heterocycles. The third-order valence-corrected chi connectivity index (χ3v) is 3.57. The number of aromatic nitrogens is 2. The molecule has 2 rings (SSSR count). The van der Waals surface area contributed by atoms with E-state index in [1.54, 1.807) is 0 Å². The van der Waals surface area contributed by atoms with Gasteiger partial charge in [0.05, 0.1) is 6.54 Å². The van der Waals surface area contributed by atoms with Crippen LogP contribution in [-0.2, 0) is 13.0 Å². The van der Waals surface area contributed by atoms with Crippen molar-refractivity contribution in [2.75, 3.05) is 13.1 Å². The van der Waals surface area contributed by atoms with Gasteiger partial charge in [-0.2, -0.15) is 4.98 Å². The summed E-state index contributed by atoms with van der Waals surface area (Å²) in [7, 11) is 0. The summed E-state index contributed by atoms with van der Waals surface area (Å²) in [6.07, 6.45) is 6.81. The van der Waals surface area contributed by atoms with Gasteiger partial charge in [-0.1, -0.05) is 18.5 Å². The van der Waals surface area contributed by atoms with Crippen LogP contribution < -0.4 is 5.73 Å². The number of halogens is 1. The maximum atomic E-state index is 5.68. The van der Waals surface area contributed by atoms with Crippen molar-refractivity contribution >= 4 is 12.4 Å². The van der Waals surface area contributed by atoms with E-state index < -0.39 is 0 Å². The summed E-state index contributed by atoms with van der Waals surface area (Å²) in [6, 6.07) is 0.594. The van der Waals surface area contributed by atoms with Crippen LogP contribution in [0.2, 0.25) is 0 Å². The topological polar surface area (TPSA) is 68.2 Å². The van der Waals surface area contributed by atoms with Gasteiger partial charge in [0.25, 0.3) is 0 Å². The van der Waals surface area contributed by atoms with Gasteiger partial charge < -0.3 is 10.3 Å². The Labute approximate surface area is 121 Å². The van der Waals surface area contributed by atoms with E-state index in [-0.39, 0.29) is 12.4 Å². The van der Waals surface area contributed by atoms with Gasteiger partial charge in [-0.25, -0.2) is 0 Å². The van der Waals surface area contributed by atoms with Crippen molar-refractivity contribution in [1.82, 2.24) is 15.0 Å². The van der Waals surface area contributed by atoms with Crippen LogP contribution in [0.5, 0.6) is 0 Å². The lowest BCUT2D eigenvalue weighted by Gasteiger charge is -2.34. The molecule has 19 heavy (non-hydrogen) atoms. The lowest BCUT2D eigenvalue weighted by molar-refractivity contribution is 0.129. The minimum absolute atomic E-state index is 0. The smallest absolute Gasteiger partial charge is 0.226 e. The Morgan fingerprint density at radius 2 is 2.26 bits per heavy atom. The molecule has 2 heterocycles. The third kappa shape index (κ3) is 4.75. The maximum Gasteiger partial charge on any atom is 0.226 e. The van der Waals surface area contributed by atoms with Gasteiger partial charge in [0, 0.05) is 12.5 Å². The molecule has 0 aliphatic carbocycles. The van der Waals surface area contributed by atoms with E-state index in [0.717, 1.165) is 50.6 Å². The fourth-order valence-corrected chi connectivity index (χ4v) is 2.64. The highest BCUT2D eigenvalue weighted by Crippen LogP contribution is 2.20. The standard InChI is InChI=1S/C13H24N4O.ClH/c1-2-5-13-15-12(16-18-13)10-17-9-4-3-6-11(17)7-8-14;/h11H,2-10,14H2,1H3;1H. The summed E-state index contributed by atoms with van der Waals surface area (Å²) in [5.74, 6) is 1.59. The van der Waals surface area contributed by atoms with Crippen LogP contribution in [0, 0.1) is 0 Å². The lowest BCUT2D eigenvalue weighted by atomic mass is 9.99. The molecule has 1 aliphatic rings. The Bertz CT molecular complexity index is 356. The van der Waals surface area contributed by atoms with Gasteiger partial charge in [-0.3, -0.25) is 4.90 Å². The second-order valence-electron chi connectivity index (χ2n) is 5.05. The molecule has 1 saturated heterocycles. The summed E-state index contributed by atoms with van der Waals surface area (Å²) in [5.41, 5.74) is 5.68. The zero-order chi connectivity index (χ0) is 12.8. The number of rotatable bonds is 6. The van der Waals surface area contributed by atoms with Crippen LogP contribution in [0.1, 0.15) is 50.7 Å². The first-order valence-electron chi connectivity index (χ1n) is 7.09. The average Bonchev–Trinajstić information content (AvgIpc) is 2.80. The van der Waals surface area contributed by atoms with Gasteiger partial charge in [0.2, 0.25) is 5.89 Å². The van der Waals surface area contributed by atoms with E-state index in [4.69, 9.17) is 10.3 Å². The average molecular weight is 289 g/mol. The largest absolute Gasteiger partial charge is 0.339 e. The zero-order valence-electron chi connectivity index (χ0n) is 11.7. The molecule has 0 radical (unpaired) electrons. The number of nitrogens with two attached hydrogens (primary N) is 1. The van der Waals surface area contributed by atoms with E-state index in [2.05, 4.69) is 22.0 Å². The van der Waals surface area contributed by atoms with Gasteiger partial charge in [-0.15, -0.1) is 12.4 Å². The first-order valence-corrected chi connectivity index (χ1v) is 7.09. The third-order valence-electron chi connectivity index (χ3n) is 3.57. The second-order valence-corrected chi connectivity index (χ2v) is 5.05. The van der Waals surface area contributed by atoms with Crippen molar-refractivity contribution in [3.8, 4) is 0 Å². The molecule has 1 aromatic rings. The number of nitrogens with zero attached hydrogens (tertiary/aromatic N) is 3. The highest BCUT2D eigenvalue weighted by molar-refractivity contribution is 5.85. The van der Waals surface area contributed by atoms with Gasteiger partial charge in [-0.05, 0) is 38.8 Å². The summed E-state index contributed by atoms with van der Waals surface area (Å²) in [6.45, 7) is 4.81. The molecule has 6 heteroatoms. The van der Waals surface area contributed by atoms with E-state index in [1.165, 1.54) is 19.3 Å². The van der Waals surface area contributed by atoms with Gasteiger partial charge in [0.1, 0.15) is 0 Å². The van der Waals surface area contributed by atoms with E-state index in [9.17, 15) is 0 Å². The van der Waals surface area contributed by atoms with Crippen LogP contribution >= 0.6 is 12.4 Å². The molecule has 0 spiro atoms. The van der Waals surface area contributed by atoms with E-state index >= 15 is 0 Å². The molecule has 1 unspecified atom stereocenters. The monoisotopic (exact) mass is 288 g/mol. The predicted molar refractivity (Wildman–Crippen MR) is 77.3 cm³/mol. The molecule has 110 valence electrons. The Balaban J connectivity index is 0.00000180. The summed E-state index contributed by atoms with van der Waals surface area (Å²) in [5, 5.41) is 4.06. The van der Waals surface area contributed by atoms with Gasteiger partial charge in [0.15, 0.2) is 5.82 Å². The fraction of sp³-hybridized carbons (Fsp3) is 0.846. The predicted octanol–water partition coefficient (Wildman–Crippen LogP) is 2.15. The SMILES string of the molecule is CCCc1nc(CN2CCCCC2CCN)no1.Cl. The molecule has 0 aromatic carbocycles. The number of hydrogen-bond acceptors (Lipinski definition) is 5. The number of hydrogen-bond donors (Lipinski definition) is 1. The van der Waals surface area contributed by atoms with Crippen molar-refractivity contribution in [3.63, 3.8) is 0 Å². The molecule has 1 aliphatic heterocycles. The highest BCUT2D eigenvalue weighted by atomic mass is 35.5. The Morgan fingerprint density at radius 3 is 3.00 bits per heavy atom. The Kier molecular flexibility index (Phi) is 7.34. The summed E-state index contributed by atoms with van der Waals surface area (Å²) in [4.78, 5) is 6.89. The summed E-state index contributed by atoms with van der Waals surface area (Å²) >= 11 is 0. The molecule has 0 bridgehead atoms. The van der Waals surface area contributed by atoms with Crippen molar-refractivity contribution < 1.29 is 4.52 Å². The normalized spacial score (nSPS) is 20.2. The van der Waals surface area contributed by atoms with Crippen molar-refractivity contribution in [1.29, 1.82) is 0 Å². The van der Waals surface area contributed by atoms with E-state index in [0.29, 0.717) is 6.04 Å². The molecule has 0 amide bonds. The number of likely N-dealkylation sites (tertiary alicyclic amines) is 1. The van der Waals surface area contributed by atoms with Gasteiger partial charge >= 0.3 is 0 Å². The zero-order valence-corrected chi connectivity index (χ0v) is 12.5. The van der Waals surface area contributed by atoms with E-state index in [1.807, 2.05) is 0 Å². The first-order chi connectivity index (χ1) is 8.83. The minimum atomic E-state index is 0. The fourth-order valence-electron chi connectivity index (χ4n) is 2.64.